The van der Waals surface area contributed by atoms with Gasteiger partial charge in [-0.05, 0) is 69.9 Å². The number of ether oxygens (including phenoxy) is 11. The SMILES string of the molecule is COC(=O)NC1=C2/C(=C\CSSSCC(N)=O)[C@](O)(C#C/C=C\C#C[C@@H]2OC2OCC(NOC3CC(O)C(SCc4cc(I)c(OC5CC(C)C(O)C(OC)C5O)c(OC)c4OC)C(C)O3)C(O)C2OC2CC(OC)C(N(C)C(C)=O)CO2)CC1=O. The van der Waals surface area contributed by atoms with Gasteiger partial charge in [0.1, 0.15) is 36.6 Å². The van der Waals surface area contributed by atoms with Crippen LogP contribution in [0, 0.1) is 33.2 Å². The lowest BCUT2D eigenvalue weighted by atomic mass is 9.75. The highest BCUT2D eigenvalue weighted by Gasteiger charge is 2.50. The number of Topliss-reactive ketones (excluding diaryl/α,β-unsaturated/α-hetero) is 1. The van der Waals surface area contributed by atoms with Gasteiger partial charge in [0, 0.05) is 69.2 Å². The zero-order valence-electron chi connectivity index (χ0n) is 48.8. The molecule has 3 amide bonds. The molecule has 1 aromatic rings. The van der Waals surface area contributed by atoms with Crippen LogP contribution in [0.25, 0.3) is 0 Å². The minimum Gasteiger partial charge on any atom is -0.492 e. The Hall–Kier alpha value is -3.59. The molecule has 16 unspecified atom stereocenters. The number of nitrogens with one attached hydrogen (secondary N) is 2. The van der Waals surface area contributed by atoms with Crippen molar-refractivity contribution in [1.29, 1.82) is 0 Å². The molecule has 2 bridgehead atoms. The number of fused-ring (bicyclic) bond motifs is 2. The topological polar surface area (TPSA) is 334 Å². The number of thioether (sulfide) groups is 1. The third-order valence-electron chi connectivity index (χ3n) is 15.2. The molecule has 18 atom stereocenters. The number of primary amides is 1. The highest BCUT2D eigenvalue weighted by molar-refractivity contribution is 14.1. The van der Waals surface area contributed by atoms with Crippen molar-refractivity contribution in [1.82, 2.24) is 15.7 Å². The van der Waals surface area contributed by atoms with Gasteiger partial charge in [0.15, 0.2) is 41.8 Å². The number of nitrogens with zero attached hydrogens (tertiary/aromatic N) is 1. The van der Waals surface area contributed by atoms with Crippen molar-refractivity contribution in [2.24, 2.45) is 11.7 Å². The van der Waals surface area contributed by atoms with Crippen LogP contribution in [0.15, 0.2) is 41.1 Å². The van der Waals surface area contributed by atoms with Crippen LogP contribution in [0.5, 0.6) is 17.2 Å². The van der Waals surface area contributed by atoms with E-state index in [2.05, 4.69) is 57.1 Å². The predicted octanol–water partition coefficient (Wildman–Crippen LogP) is 2.25. The van der Waals surface area contributed by atoms with Crippen LogP contribution >= 0.6 is 65.8 Å². The maximum absolute atomic E-state index is 14.1. The molecule has 3 heterocycles. The summed E-state index contributed by atoms with van der Waals surface area (Å²) < 4.78 is 67.1. The van der Waals surface area contributed by atoms with Crippen molar-refractivity contribution in [3.8, 4) is 40.9 Å². The maximum atomic E-state index is 14.1. The summed E-state index contributed by atoms with van der Waals surface area (Å²) >= 11 is 3.56. The quantitative estimate of drug-likeness (QED) is 0.0242. The third-order valence-corrected chi connectivity index (χ3v) is 21.6. The summed E-state index contributed by atoms with van der Waals surface area (Å²) in [4.78, 5) is 58.5. The van der Waals surface area contributed by atoms with Crippen LogP contribution in [0.4, 0.5) is 4.79 Å². The number of carbonyl (C=O) groups is 4. The highest BCUT2D eigenvalue weighted by Crippen LogP contribution is 2.48. The molecule has 30 heteroatoms. The van der Waals surface area contributed by atoms with E-state index in [1.165, 1.54) is 95.6 Å². The van der Waals surface area contributed by atoms with Gasteiger partial charge in [0.25, 0.3) is 0 Å². The number of alkyl carbamates (subject to hydrolysis) is 1. The molecule has 1 saturated carbocycles. The largest absolute Gasteiger partial charge is 0.492 e. The Balaban J connectivity index is 1.10. The molecule has 476 valence electrons. The van der Waals surface area contributed by atoms with E-state index in [0.29, 0.717) is 33.0 Å². The number of aliphatic hydroxyl groups excluding tert-OH is 4. The number of allylic oxidation sites excluding steroid dienone is 3. The number of carbonyl (C=O) groups excluding carboxylic acids is 4. The molecule has 3 saturated heterocycles. The smallest absolute Gasteiger partial charge is 0.411 e. The Morgan fingerprint density at radius 2 is 1.65 bits per heavy atom. The molecular weight excluding hydrogens is 1320 g/mol. The van der Waals surface area contributed by atoms with Gasteiger partial charge in [-0.15, -0.1) is 11.8 Å². The summed E-state index contributed by atoms with van der Waals surface area (Å²) in [6.45, 7) is 4.76. The molecule has 6 aliphatic rings. The summed E-state index contributed by atoms with van der Waals surface area (Å²) in [5.74, 6) is 11.3. The van der Waals surface area contributed by atoms with Crippen molar-refractivity contribution in [2.75, 3.05) is 67.3 Å². The molecular formula is C56H75IN4O21S4. The van der Waals surface area contributed by atoms with Crippen LogP contribution in [0.3, 0.4) is 0 Å². The second-order valence-corrected chi connectivity index (χ2v) is 27.5. The molecule has 0 radical (unpaired) electrons. The molecule has 25 nitrogen and oxygen atoms in total. The van der Waals surface area contributed by atoms with Gasteiger partial charge in [0.2, 0.25) is 17.6 Å². The number of amides is 3. The van der Waals surface area contributed by atoms with Crippen LogP contribution in [-0.2, 0) is 62.9 Å². The number of hydroxylamine groups is 1. The van der Waals surface area contributed by atoms with Crippen molar-refractivity contribution >= 4 is 89.5 Å². The van der Waals surface area contributed by atoms with Crippen LogP contribution in [0.2, 0.25) is 0 Å². The van der Waals surface area contributed by atoms with Gasteiger partial charge in [-0.1, -0.05) is 58.3 Å². The fraction of sp³-hybridized carbons (Fsp3) is 0.643. The van der Waals surface area contributed by atoms with Gasteiger partial charge >= 0.3 is 6.09 Å². The van der Waals surface area contributed by atoms with Crippen LogP contribution in [0.1, 0.15) is 52.0 Å². The molecule has 7 rings (SSSR count). The second kappa shape index (κ2) is 32.4. The lowest BCUT2D eigenvalue weighted by Crippen LogP contribution is -2.62. The van der Waals surface area contributed by atoms with Gasteiger partial charge in [-0.25, -0.2) is 4.79 Å². The van der Waals surface area contributed by atoms with E-state index in [0.717, 1.165) is 12.7 Å². The first kappa shape index (κ1) is 69.9. The van der Waals surface area contributed by atoms with Crippen molar-refractivity contribution in [2.45, 2.75) is 155 Å². The predicted molar refractivity (Wildman–Crippen MR) is 326 cm³/mol. The van der Waals surface area contributed by atoms with Crippen LogP contribution in [-0.4, -0.2) is 224 Å². The van der Waals surface area contributed by atoms with Gasteiger partial charge in [-0.3, -0.25) is 24.5 Å². The highest BCUT2D eigenvalue weighted by atomic mass is 127. The molecule has 3 aliphatic carbocycles. The summed E-state index contributed by atoms with van der Waals surface area (Å²) in [6, 6.07) is 0.321. The number of hydrogen-bond acceptors (Lipinski definition) is 26. The number of methoxy groups -OCH3 is 5. The summed E-state index contributed by atoms with van der Waals surface area (Å²) in [6.07, 6.45) is -10.6. The van der Waals surface area contributed by atoms with Crippen molar-refractivity contribution < 1.29 is 102 Å². The van der Waals surface area contributed by atoms with Crippen molar-refractivity contribution in [3.63, 3.8) is 0 Å². The lowest BCUT2D eigenvalue weighted by Gasteiger charge is -2.45. The molecule has 4 fully saturated rings. The Labute approximate surface area is 528 Å². The first-order chi connectivity index (χ1) is 41.1. The number of halogens is 1. The first-order valence-corrected chi connectivity index (χ1v) is 33.3. The number of hydrogen-bond donors (Lipinski definition) is 8. The van der Waals surface area contributed by atoms with E-state index >= 15 is 0 Å². The Morgan fingerprint density at radius 1 is 0.907 bits per heavy atom. The average molecular weight is 1400 g/mol. The van der Waals surface area contributed by atoms with E-state index < -0.39 is 127 Å². The molecule has 3 aliphatic heterocycles. The normalized spacial score (nSPS) is 34.4. The molecule has 9 N–H and O–H groups in total. The third kappa shape index (κ3) is 17.1. The summed E-state index contributed by atoms with van der Waals surface area (Å²) in [5, 5.41) is 60.2. The minimum absolute atomic E-state index is 0.000829. The molecule has 0 spiro atoms. The number of benzene rings is 1. The average Bonchev–Trinajstić information content (AvgIpc) is 0.896. The van der Waals surface area contributed by atoms with E-state index in [4.69, 9.17) is 62.7 Å². The minimum atomic E-state index is -2.13. The fourth-order valence-corrected chi connectivity index (χ4v) is 15.8. The monoisotopic (exact) mass is 1390 g/mol. The van der Waals surface area contributed by atoms with E-state index in [9.17, 15) is 44.7 Å². The fourth-order valence-electron chi connectivity index (χ4n) is 10.7. The number of rotatable bonds is 24. The second-order valence-electron chi connectivity index (χ2n) is 20.9. The van der Waals surface area contributed by atoms with E-state index in [1.54, 1.807) is 20.0 Å². The maximum Gasteiger partial charge on any atom is 0.411 e. The number of nitrogens with two attached hydrogens (primary N) is 1. The van der Waals surface area contributed by atoms with Gasteiger partial charge in [0.05, 0.1) is 97.7 Å². The first-order valence-electron chi connectivity index (χ1n) is 27.4. The number of likely N-dealkylation sites (N-methyl/N-ethyl adjacent to an activating group) is 1. The Morgan fingerprint density at radius 3 is 2.33 bits per heavy atom. The molecule has 1 aromatic carbocycles. The van der Waals surface area contributed by atoms with Crippen LogP contribution < -0.4 is 30.7 Å². The zero-order valence-corrected chi connectivity index (χ0v) is 54.2. The van der Waals surface area contributed by atoms with E-state index in [1.807, 2.05) is 13.0 Å². The number of ketones is 1. The number of aliphatic hydroxyl groups is 5. The Kier molecular flexibility index (Phi) is 26.3. The summed E-state index contributed by atoms with van der Waals surface area (Å²) in [5.41, 5.74) is 6.45. The van der Waals surface area contributed by atoms with Gasteiger partial charge in [-0.2, -0.15) is 5.48 Å². The van der Waals surface area contributed by atoms with Crippen molar-refractivity contribution in [3.05, 3.63) is 50.3 Å². The standard InChI is InChI=1S/C56H75IN4O21S4/c1-27-18-39(47(68)50(73-7)45(27)66)79-49-32(57)19-30(48(72-6)52(49)74-8)25-83-53-28(2)78-42(20-35(53)63)82-60-33-23-77-54(51(46(33)67)81-41-21-38(71-5)34(24-76-41)61(4)29(3)62)80-37-14-12-10-11-13-16-56(70)22-36(64)44(59-55(69)75-9)43(37)31(56)15-17-84-86-85-26-40(58)65/h10-11,15,19,27-28,33-35,37-39,41-42,45-47,50-51,53-54,60,63,66-68,70H,17-18,20-26H2,1-9H3,(H2,58,65)(H,59,69)/b11-10-,31-15+/t27?,28?,33?,34?,35?,37-,38?,39?,41?,42?,45?,46?,47?,50?,51?,53?,54?,56-/m0/s1. The molecule has 86 heavy (non-hydrogen) atoms. The zero-order chi connectivity index (χ0) is 62.6. The van der Waals surface area contributed by atoms with Gasteiger partial charge < -0.3 is 88.3 Å². The van der Waals surface area contributed by atoms with E-state index in [-0.39, 0.29) is 66.2 Å². The summed E-state index contributed by atoms with van der Waals surface area (Å²) in [7, 11) is 12.4. The lowest BCUT2D eigenvalue weighted by molar-refractivity contribution is -0.325. The molecule has 0 aromatic heterocycles. The Bertz CT molecular complexity index is 2790.